The molecule has 11 nitrogen and oxygen atoms in total. The van der Waals surface area contributed by atoms with Gasteiger partial charge < -0.3 is 25.0 Å². The van der Waals surface area contributed by atoms with E-state index in [-0.39, 0.29) is 37.7 Å². The van der Waals surface area contributed by atoms with E-state index in [1.165, 1.54) is 0 Å². The second-order valence-corrected chi connectivity index (χ2v) is 7.13. The van der Waals surface area contributed by atoms with E-state index in [4.69, 9.17) is 21.8 Å². The highest BCUT2D eigenvalue weighted by molar-refractivity contribution is 5.89. The van der Waals surface area contributed by atoms with Gasteiger partial charge in [0.05, 0.1) is 15.4 Å². The molecule has 192 valence electrons. The molecule has 0 unspecified atom stereocenters. The first-order chi connectivity index (χ1) is 18.6. The van der Waals surface area contributed by atoms with Gasteiger partial charge >= 0.3 is 23.9 Å². The van der Waals surface area contributed by atoms with Crippen LogP contribution in [0.3, 0.4) is 0 Å². The van der Waals surface area contributed by atoms with Gasteiger partial charge in [0.15, 0.2) is 0 Å². The summed E-state index contributed by atoms with van der Waals surface area (Å²) in [7, 11) is 0. The molecule has 1 aliphatic rings. The summed E-state index contributed by atoms with van der Waals surface area (Å²) in [4.78, 5) is 57.2. The summed E-state index contributed by atoms with van der Waals surface area (Å²) in [6.45, 7) is -0.883. The first kappa shape index (κ1) is 21.8. The predicted molar refractivity (Wildman–Crippen MR) is 125 cm³/mol. The summed E-state index contributed by atoms with van der Waals surface area (Å²) in [6, 6.07) is 2.25. The van der Waals surface area contributed by atoms with E-state index < -0.39 is 54.7 Å². The fourth-order valence-corrected chi connectivity index (χ4v) is 3.05. The van der Waals surface area contributed by atoms with Gasteiger partial charge in [-0.1, -0.05) is 30.3 Å². The van der Waals surface area contributed by atoms with Crippen molar-refractivity contribution in [2.75, 3.05) is 13.2 Å². The number of ether oxygens (including phenoxy) is 1. The van der Waals surface area contributed by atoms with Crippen LogP contribution < -0.4 is 5.31 Å². The van der Waals surface area contributed by atoms with E-state index in [9.17, 15) is 29.1 Å². The molecule has 35 heavy (non-hydrogen) atoms. The summed E-state index contributed by atoms with van der Waals surface area (Å²) in [5.74, 6) is -6.34. The van der Waals surface area contributed by atoms with Gasteiger partial charge in [0.1, 0.15) is 13.5 Å². The number of carbonyl (C=O) groups excluding carboxylic acids is 2. The van der Waals surface area contributed by atoms with Gasteiger partial charge in [-0.3, -0.25) is 14.9 Å². The number of aliphatic carboxylic acids is 3. The normalized spacial score (nSPS) is 21.9. The molecule has 0 aliphatic carbocycles. The summed E-state index contributed by atoms with van der Waals surface area (Å²) in [6.07, 6.45) is 1.39. The van der Waals surface area contributed by atoms with Crippen LogP contribution in [0.2, 0.25) is 1.41 Å². The Bertz CT molecular complexity index is 1080. The molecule has 1 aromatic carbocycles. The fraction of sp³-hybridized carbons (Fsp3) is 0.458. The molecule has 11 heteroatoms. The lowest BCUT2D eigenvalue weighted by Crippen LogP contribution is -2.53. The predicted octanol–water partition coefficient (Wildman–Crippen LogP) is 1.32. The number of carbonyl (C=O) groups is 5. The van der Waals surface area contributed by atoms with Gasteiger partial charge in [0.25, 0.3) is 0 Å². The molecular weight excluding hydrogens is 460 g/mol. The number of rotatable bonds is 11. The number of carboxylic acid groups (broad SMARTS) is 3. The molecule has 1 fully saturated rings. The van der Waals surface area contributed by atoms with Crippen molar-refractivity contribution in [1.29, 1.82) is 0 Å². The number of nitrogens with zero attached hydrogens (tertiary/aromatic N) is 1. The molecule has 0 spiro atoms. The smallest absolute Gasteiger partial charge is 0.328 e. The molecule has 1 heterocycles. The molecule has 2 rings (SSSR count). The second-order valence-electron chi connectivity index (χ2n) is 7.13. The number of amides is 1. The third-order valence-corrected chi connectivity index (χ3v) is 4.60. The first-order valence-corrected chi connectivity index (χ1v) is 10.7. The average Bonchev–Trinajstić information content (AvgIpc) is 3.30. The number of likely N-dealkylation sites (tertiary alicyclic amines) is 1. The maximum absolute atomic E-state index is 13.2. The standard InChI is InChI=1S/C20H28N2O5.C4H4O4/c1-3-27-20(26)16(12-11-15-8-5-4-6-9-15)21-14(2)18(23)22-13-7-10-17(22)19(24)25;5-3(6)1-2-4(7)8/h4-6,8-9,14,16-17,21H,3,7,10-13H2,1-2H3,(H,24,25);1-2H,(H,5,6)(H,7,8)/b;2-1-/t14-,16-,17-;/m0./s1/i2D2,14D,17D;/hD. The number of esters is 1. The van der Waals surface area contributed by atoms with Crippen LogP contribution in [0.5, 0.6) is 0 Å². The van der Waals surface area contributed by atoms with Gasteiger partial charge in [0.2, 0.25) is 5.91 Å². The van der Waals surface area contributed by atoms with Crippen molar-refractivity contribution in [3.05, 3.63) is 48.0 Å². The Kier molecular flexibility index (Phi) is 9.47. The van der Waals surface area contributed by atoms with Gasteiger partial charge in [-0.2, -0.15) is 0 Å². The Balaban J connectivity index is 0.000000869. The lowest BCUT2D eigenvalue weighted by molar-refractivity contribution is -0.150. The topological polar surface area (TPSA) is 171 Å². The highest BCUT2D eigenvalue weighted by Crippen LogP contribution is 2.19. The molecule has 0 aromatic heterocycles. The van der Waals surface area contributed by atoms with Crippen molar-refractivity contribution >= 4 is 29.8 Å². The zero-order chi connectivity index (χ0) is 30.7. The fourth-order valence-electron chi connectivity index (χ4n) is 3.05. The number of benzene rings is 1. The van der Waals surface area contributed by atoms with Gasteiger partial charge in [-0.05, 0) is 45.0 Å². The Morgan fingerprint density at radius 2 is 1.86 bits per heavy atom. The molecule has 1 amide bonds. The third-order valence-electron chi connectivity index (χ3n) is 4.60. The van der Waals surface area contributed by atoms with Crippen molar-refractivity contribution in [1.82, 2.24) is 10.2 Å². The van der Waals surface area contributed by atoms with Crippen LogP contribution in [-0.4, -0.2) is 81.2 Å². The van der Waals surface area contributed by atoms with Crippen molar-refractivity contribution in [2.45, 2.75) is 57.6 Å². The van der Waals surface area contributed by atoms with E-state index in [0.717, 1.165) is 5.56 Å². The summed E-state index contributed by atoms with van der Waals surface area (Å²) in [5.41, 5.74) is 0.834. The molecule has 0 radical (unpaired) electrons. The molecule has 4 N–H and O–H groups in total. The van der Waals surface area contributed by atoms with Crippen molar-refractivity contribution in [2.24, 2.45) is 0 Å². The third kappa shape index (κ3) is 10.8. The highest BCUT2D eigenvalue weighted by atomic mass is 16.5. The van der Waals surface area contributed by atoms with Crippen LogP contribution in [0, 0.1) is 0 Å². The molecule has 0 saturated carbocycles. The zero-order valence-corrected chi connectivity index (χ0v) is 19.1. The van der Waals surface area contributed by atoms with Crippen LogP contribution in [-0.2, 0) is 35.1 Å². The van der Waals surface area contributed by atoms with Gasteiger partial charge in [-0.25, -0.2) is 14.4 Å². The average molecular weight is 498 g/mol. The van der Waals surface area contributed by atoms with Crippen LogP contribution in [0.4, 0.5) is 0 Å². The lowest BCUT2D eigenvalue weighted by Gasteiger charge is -2.27. The molecule has 1 aromatic rings. The van der Waals surface area contributed by atoms with Crippen molar-refractivity contribution in [3.63, 3.8) is 0 Å². The quantitative estimate of drug-likeness (QED) is 0.258. The second kappa shape index (κ2) is 15.2. The highest BCUT2D eigenvalue weighted by Gasteiger charge is 2.36. The maximum atomic E-state index is 13.2. The number of nitrogens with one attached hydrogen (secondary N) is 1. The Morgan fingerprint density at radius 1 is 1.23 bits per heavy atom. The number of hydrogen-bond acceptors (Lipinski definition) is 7. The zero-order valence-electron chi connectivity index (χ0n) is 24.1. The largest absolute Gasteiger partial charge is 0.480 e. The van der Waals surface area contributed by atoms with Crippen LogP contribution in [0.1, 0.15) is 44.1 Å². The minimum Gasteiger partial charge on any atom is -0.480 e. The van der Waals surface area contributed by atoms with E-state index >= 15 is 0 Å². The summed E-state index contributed by atoms with van der Waals surface area (Å²) < 4.78 is 45.9. The minimum atomic E-state index is -2.94. The van der Waals surface area contributed by atoms with E-state index in [1.54, 1.807) is 31.2 Å². The van der Waals surface area contributed by atoms with Crippen molar-refractivity contribution < 1.29 is 50.9 Å². The maximum Gasteiger partial charge on any atom is 0.328 e. The summed E-state index contributed by atoms with van der Waals surface area (Å²) >= 11 is 0. The van der Waals surface area contributed by atoms with Crippen LogP contribution in [0.15, 0.2) is 42.5 Å². The molecule has 0 bridgehead atoms. The Labute approximate surface area is 210 Å². The van der Waals surface area contributed by atoms with E-state index in [1.807, 2.05) is 6.07 Å². The van der Waals surface area contributed by atoms with E-state index in [0.29, 0.717) is 23.5 Å². The molecular formula is C24H32N2O9. The monoisotopic (exact) mass is 497 g/mol. The first-order valence-electron chi connectivity index (χ1n) is 13.3. The Hall–Kier alpha value is -3.73. The van der Waals surface area contributed by atoms with Gasteiger partial charge in [-0.15, -0.1) is 0 Å². The number of carboxylic acids is 3. The van der Waals surface area contributed by atoms with Crippen LogP contribution in [0.25, 0.3) is 0 Å². The number of aryl methyl sites for hydroxylation is 1. The molecule has 1 saturated heterocycles. The molecule has 3 atom stereocenters. The lowest BCUT2D eigenvalue weighted by atomic mass is 10.0. The van der Waals surface area contributed by atoms with E-state index in [2.05, 4.69) is 0 Å². The minimum absolute atomic E-state index is 0.0143. The van der Waals surface area contributed by atoms with Crippen LogP contribution >= 0.6 is 0 Å². The SMILES string of the molecule is O=C(O)/C=C\C(=O)O.[2H]C([2H])[C@@]([2H])(C(=O)N1CCC[C@@]1([2H])C(=O)O)N([2H])[C@@H](CCc1ccccc1)C(=O)OCC. The molecule has 1 aliphatic heterocycles. The summed E-state index contributed by atoms with van der Waals surface area (Å²) in [5, 5.41) is 25.3. The number of hydrogen-bond donors (Lipinski definition) is 4. The van der Waals surface area contributed by atoms with Gasteiger partial charge in [0, 0.05) is 21.4 Å². The van der Waals surface area contributed by atoms with Crippen molar-refractivity contribution in [3.8, 4) is 0 Å². The Morgan fingerprint density at radius 3 is 2.37 bits per heavy atom.